The summed E-state index contributed by atoms with van der Waals surface area (Å²) in [6.07, 6.45) is 3.74. The van der Waals surface area contributed by atoms with Gasteiger partial charge in [0.15, 0.2) is 0 Å². The van der Waals surface area contributed by atoms with Crippen molar-refractivity contribution in [2.24, 2.45) is 0 Å². The van der Waals surface area contributed by atoms with E-state index in [1.165, 1.54) is 16.4 Å². The second-order valence-electron chi connectivity index (χ2n) is 11.7. The van der Waals surface area contributed by atoms with Crippen molar-refractivity contribution in [3.63, 3.8) is 0 Å². The van der Waals surface area contributed by atoms with Gasteiger partial charge in [-0.25, -0.2) is 0 Å². The first-order valence-electron chi connectivity index (χ1n) is 15.4. The van der Waals surface area contributed by atoms with Gasteiger partial charge in [-0.05, 0) is 24.6 Å². The van der Waals surface area contributed by atoms with Crippen LogP contribution in [0.15, 0.2) is 128 Å². The van der Waals surface area contributed by atoms with E-state index in [1.54, 1.807) is 0 Å². The fourth-order valence-electron chi connectivity index (χ4n) is 6.40. The summed E-state index contributed by atoms with van der Waals surface area (Å²) in [7, 11) is 0. The molecule has 0 N–H and O–H groups in total. The zero-order valence-corrected chi connectivity index (χ0v) is 27.9. The first kappa shape index (κ1) is 28.4. The van der Waals surface area contributed by atoms with Gasteiger partial charge in [0, 0.05) is 18.0 Å². The summed E-state index contributed by atoms with van der Waals surface area (Å²) < 4.78 is 14.6. The fourth-order valence-corrected chi connectivity index (χ4v) is 7.83. The van der Waals surface area contributed by atoms with E-state index < -0.39 is 0 Å². The summed E-state index contributed by atoms with van der Waals surface area (Å²) in [5.74, 6) is 2.40. The normalized spacial score (nSPS) is 11.7. The molecule has 0 saturated heterocycles. The van der Waals surface area contributed by atoms with Crippen LogP contribution in [0, 0.1) is 10.7 Å². The summed E-state index contributed by atoms with van der Waals surface area (Å²) in [6.45, 7) is 6.56. The van der Waals surface area contributed by atoms with Crippen molar-refractivity contribution in [1.29, 1.82) is 0 Å². The number of benzene rings is 4. The quantitative estimate of drug-likeness (QED) is 0.169. The van der Waals surface area contributed by atoms with Crippen molar-refractivity contribution in [3.8, 4) is 34.3 Å². The Labute approximate surface area is 277 Å². The van der Waals surface area contributed by atoms with Crippen LogP contribution in [0.25, 0.3) is 55.6 Å². The van der Waals surface area contributed by atoms with E-state index in [2.05, 4.69) is 150 Å². The van der Waals surface area contributed by atoms with Crippen LogP contribution in [0.1, 0.15) is 25.5 Å². The molecule has 46 heavy (non-hydrogen) atoms. The molecule has 0 unspecified atom stereocenters. The number of aromatic nitrogens is 5. The molecule has 0 bridgehead atoms. The molecule has 228 valence electrons. The number of para-hydroxylation sites is 3. The number of hydrogen-bond donors (Lipinski definition) is 0. The summed E-state index contributed by atoms with van der Waals surface area (Å²) in [4.78, 5) is 9.48. The minimum absolute atomic E-state index is 0.334. The van der Waals surface area contributed by atoms with Crippen molar-refractivity contribution < 1.29 is 24.1 Å². The molecule has 0 fully saturated rings. The Kier molecular flexibility index (Phi) is 7.03. The van der Waals surface area contributed by atoms with Gasteiger partial charge in [0.1, 0.15) is 0 Å². The standard InChI is InChI=1S/C39H31N5O.Pt/c1-26(2)42-25-43(37-17-7-6-16-36(37)42)28-11-10-12-29(22-28)45-30-18-19-32-31-13-4-5-15-35(31)44(38(32)23-30)39-21-27(3)33(24-41-39)34-14-8-9-20-40-34;/h4-24,26H,1-3H3;. The Morgan fingerprint density at radius 3 is 2.17 bits per heavy atom. The van der Waals surface area contributed by atoms with Crippen molar-refractivity contribution in [3.05, 3.63) is 137 Å². The SMILES string of the molecule is Cc1cc(-n2c3ccccc3c3ccc(Oc4cccc(-n5[c](=[Pt])n(C(C)C)c6ccccc65)c4)cc32)ncc1-c1ccccn1. The number of pyridine rings is 2. The van der Waals surface area contributed by atoms with Gasteiger partial charge in [-0.15, -0.1) is 0 Å². The summed E-state index contributed by atoms with van der Waals surface area (Å²) >= 11 is 2.43. The molecule has 4 aromatic carbocycles. The van der Waals surface area contributed by atoms with Crippen LogP contribution < -0.4 is 4.74 Å². The Hall–Kier alpha value is -5.06. The van der Waals surface area contributed by atoms with Crippen molar-refractivity contribution in [2.75, 3.05) is 0 Å². The molecule has 4 aromatic heterocycles. The van der Waals surface area contributed by atoms with Crippen LogP contribution in [-0.2, 0) is 19.4 Å². The van der Waals surface area contributed by atoms with Gasteiger partial charge in [0.2, 0.25) is 0 Å². The number of fused-ring (bicyclic) bond motifs is 4. The number of nitrogens with zero attached hydrogens (tertiary/aromatic N) is 5. The maximum absolute atomic E-state index is 6.58. The third kappa shape index (κ3) is 4.72. The number of hydrogen-bond acceptors (Lipinski definition) is 3. The Morgan fingerprint density at radius 1 is 0.652 bits per heavy atom. The molecule has 8 aromatic rings. The Balaban J connectivity index is 1.22. The molecule has 7 heteroatoms. The fraction of sp³-hybridized carbons (Fsp3) is 0.103. The zero-order chi connectivity index (χ0) is 31.4. The molecular formula is C39H31N5OPt. The minimum Gasteiger partial charge on any atom is -0.256 e. The van der Waals surface area contributed by atoms with Crippen LogP contribution in [0.4, 0.5) is 0 Å². The van der Waals surface area contributed by atoms with Gasteiger partial charge in [0.05, 0.1) is 5.69 Å². The van der Waals surface area contributed by atoms with E-state index in [1.807, 2.05) is 36.7 Å². The molecule has 8 rings (SSSR count). The molecule has 6 nitrogen and oxygen atoms in total. The van der Waals surface area contributed by atoms with Gasteiger partial charge in [-0.1, -0.05) is 18.2 Å². The molecule has 0 aliphatic heterocycles. The third-order valence-electron chi connectivity index (χ3n) is 8.48. The predicted molar refractivity (Wildman–Crippen MR) is 182 cm³/mol. The molecule has 0 amide bonds. The number of imidazole rings is 1. The van der Waals surface area contributed by atoms with E-state index >= 15 is 0 Å². The second kappa shape index (κ2) is 11.4. The van der Waals surface area contributed by atoms with E-state index in [-0.39, 0.29) is 0 Å². The summed E-state index contributed by atoms with van der Waals surface area (Å²) in [6, 6.07) is 40.1. The average Bonchev–Trinajstić information content (AvgIpc) is 3.56. The molecule has 0 saturated carbocycles. The van der Waals surface area contributed by atoms with Crippen molar-refractivity contribution in [2.45, 2.75) is 26.8 Å². The molecule has 0 aliphatic carbocycles. The zero-order valence-electron chi connectivity index (χ0n) is 25.7. The molecule has 0 spiro atoms. The van der Waals surface area contributed by atoms with Crippen LogP contribution in [0.2, 0.25) is 0 Å². The summed E-state index contributed by atoms with van der Waals surface area (Å²) in [5, 5.41) is 2.32. The molecule has 0 aliphatic rings. The van der Waals surface area contributed by atoms with Gasteiger partial charge >= 0.3 is 207 Å². The Bertz CT molecular complexity index is 2470. The van der Waals surface area contributed by atoms with E-state index in [9.17, 15) is 0 Å². The van der Waals surface area contributed by atoms with Crippen molar-refractivity contribution in [1.82, 2.24) is 23.7 Å². The number of aryl methyl sites for hydroxylation is 1. The van der Waals surface area contributed by atoms with Gasteiger partial charge in [-0.2, -0.15) is 0 Å². The van der Waals surface area contributed by atoms with E-state index in [4.69, 9.17) is 9.72 Å². The topological polar surface area (TPSA) is 49.8 Å². The van der Waals surface area contributed by atoms with Crippen LogP contribution >= 0.6 is 0 Å². The average molecular weight is 781 g/mol. The third-order valence-corrected chi connectivity index (χ3v) is 9.53. The van der Waals surface area contributed by atoms with E-state index in [0.717, 1.165) is 60.0 Å². The van der Waals surface area contributed by atoms with Crippen molar-refractivity contribution >= 4 is 32.8 Å². The smallest absolute Gasteiger partial charge is 0.256 e. The van der Waals surface area contributed by atoms with Crippen LogP contribution in [-0.4, -0.2) is 23.7 Å². The monoisotopic (exact) mass is 780 g/mol. The molecule has 0 atom stereocenters. The maximum atomic E-state index is 6.58. The van der Waals surface area contributed by atoms with Gasteiger partial charge < -0.3 is 0 Å². The van der Waals surface area contributed by atoms with E-state index in [0.29, 0.717) is 6.04 Å². The first-order chi connectivity index (χ1) is 22.5. The summed E-state index contributed by atoms with van der Waals surface area (Å²) in [5.41, 5.74) is 8.63. The predicted octanol–water partition coefficient (Wildman–Crippen LogP) is 9.75. The molecule has 0 radical (unpaired) electrons. The Morgan fingerprint density at radius 2 is 1.39 bits per heavy atom. The second-order valence-corrected chi connectivity index (χ2v) is 12.7. The number of ether oxygens (including phenoxy) is 1. The number of rotatable bonds is 6. The first-order valence-corrected chi connectivity index (χ1v) is 16.5. The van der Waals surface area contributed by atoms with Crippen LogP contribution in [0.5, 0.6) is 11.5 Å². The van der Waals surface area contributed by atoms with Gasteiger partial charge in [-0.3, -0.25) is 4.98 Å². The molecule has 4 heterocycles. The van der Waals surface area contributed by atoms with Gasteiger partial charge in [0.25, 0.3) is 0 Å². The minimum atomic E-state index is 0.334. The van der Waals surface area contributed by atoms with Crippen LogP contribution in [0.3, 0.4) is 0 Å². The molecular weight excluding hydrogens is 750 g/mol.